The smallest absolute Gasteiger partial charge is 0.227 e. The van der Waals surface area contributed by atoms with Crippen LogP contribution in [-0.2, 0) is 9.53 Å². The molecule has 3 N–H and O–H groups in total. The van der Waals surface area contributed by atoms with E-state index in [4.69, 9.17) is 10.5 Å². The van der Waals surface area contributed by atoms with Crippen molar-refractivity contribution in [2.45, 2.75) is 39.5 Å². The molecule has 1 saturated heterocycles. The zero-order valence-corrected chi connectivity index (χ0v) is 12.4. The molecule has 0 aromatic heterocycles. The van der Waals surface area contributed by atoms with Gasteiger partial charge in [0.25, 0.3) is 0 Å². The summed E-state index contributed by atoms with van der Waals surface area (Å²) >= 11 is 0. The standard InChI is InChI=1S/C13H26N2O2.ClH/c1-3-13(4-2,10-14)12(16)15-9-11-5-7-17-8-6-11;/h11H,3-10,14H2,1-2H3,(H,15,16);1H. The van der Waals surface area contributed by atoms with Crippen LogP contribution in [0, 0.1) is 11.3 Å². The Hall–Kier alpha value is -0.320. The Balaban J connectivity index is 0.00000289. The molecule has 0 unspecified atom stereocenters. The van der Waals surface area contributed by atoms with E-state index in [1.54, 1.807) is 0 Å². The van der Waals surface area contributed by atoms with Crippen molar-refractivity contribution in [3.05, 3.63) is 0 Å². The van der Waals surface area contributed by atoms with Crippen molar-refractivity contribution in [3.63, 3.8) is 0 Å². The van der Waals surface area contributed by atoms with Gasteiger partial charge in [0.05, 0.1) is 5.41 Å². The van der Waals surface area contributed by atoms with E-state index in [0.717, 1.165) is 45.4 Å². The van der Waals surface area contributed by atoms with E-state index in [9.17, 15) is 4.79 Å². The fourth-order valence-electron chi connectivity index (χ4n) is 2.33. The Morgan fingerprint density at radius 3 is 2.33 bits per heavy atom. The van der Waals surface area contributed by atoms with Gasteiger partial charge < -0.3 is 15.8 Å². The van der Waals surface area contributed by atoms with E-state index in [0.29, 0.717) is 12.5 Å². The molecule has 0 saturated carbocycles. The molecule has 1 fully saturated rings. The summed E-state index contributed by atoms with van der Waals surface area (Å²) in [7, 11) is 0. The lowest BCUT2D eigenvalue weighted by molar-refractivity contribution is -0.131. The molecule has 108 valence electrons. The van der Waals surface area contributed by atoms with Gasteiger partial charge in [-0.05, 0) is 31.6 Å². The van der Waals surface area contributed by atoms with Crippen molar-refractivity contribution in [2.24, 2.45) is 17.1 Å². The second kappa shape index (κ2) is 8.73. The van der Waals surface area contributed by atoms with Crippen LogP contribution in [0.25, 0.3) is 0 Å². The summed E-state index contributed by atoms with van der Waals surface area (Å²) in [5, 5.41) is 3.07. The van der Waals surface area contributed by atoms with Gasteiger partial charge in [-0.1, -0.05) is 13.8 Å². The summed E-state index contributed by atoms with van der Waals surface area (Å²) in [6.07, 6.45) is 3.71. The van der Waals surface area contributed by atoms with Crippen molar-refractivity contribution in [1.29, 1.82) is 0 Å². The van der Waals surface area contributed by atoms with E-state index in [2.05, 4.69) is 5.32 Å². The lowest BCUT2D eigenvalue weighted by Gasteiger charge is -2.30. The average molecular weight is 279 g/mol. The van der Waals surface area contributed by atoms with Crippen molar-refractivity contribution >= 4 is 18.3 Å². The molecule has 0 atom stereocenters. The summed E-state index contributed by atoms with van der Waals surface area (Å²) in [6, 6.07) is 0. The van der Waals surface area contributed by atoms with E-state index in [1.807, 2.05) is 13.8 Å². The van der Waals surface area contributed by atoms with Crippen LogP contribution in [0.15, 0.2) is 0 Å². The van der Waals surface area contributed by atoms with Crippen molar-refractivity contribution in [1.82, 2.24) is 5.32 Å². The van der Waals surface area contributed by atoms with Gasteiger partial charge in [0.2, 0.25) is 5.91 Å². The van der Waals surface area contributed by atoms with Crippen molar-refractivity contribution in [3.8, 4) is 0 Å². The zero-order valence-electron chi connectivity index (χ0n) is 11.5. The highest BCUT2D eigenvalue weighted by molar-refractivity contribution is 5.85. The second-order valence-corrected chi connectivity index (χ2v) is 4.96. The molecule has 1 aliphatic heterocycles. The van der Waals surface area contributed by atoms with Crippen molar-refractivity contribution < 1.29 is 9.53 Å². The van der Waals surface area contributed by atoms with Gasteiger partial charge in [-0.2, -0.15) is 0 Å². The molecule has 4 nitrogen and oxygen atoms in total. The maximum atomic E-state index is 12.2. The molecular weight excluding hydrogens is 252 g/mol. The minimum Gasteiger partial charge on any atom is -0.381 e. The molecule has 0 spiro atoms. The lowest BCUT2D eigenvalue weighted by atomic mass is 9.81. The third kappa shape index (κ3) is 4.41. The number of nitrogens with one attached hydrogen (secondary N) is 1. The van der Waals surface area contributed by atoms with Crippen LogP contribution in [-0.4, -0.2) is 32.2 Å². The predicted molar refractivity (Wildman–Crippen MR) is 75.9 cm³/mol. The third-order valence-electron chi connectivity index (χ3n) is 4.12. The number of ether oxygens (including phenoxy) is 1. The molecule has 0 aliphatic carbocycles. The van der Waals surface area contributed by atoms with E-state index >= 15 is 0 Å². The Labute approximate surface area is 116 Å². The topological polar surface area (TPSA) is 64.4 Å². The van der Waals surface area contributed by atoms with E-state index < -0.39 is 0 Å². The number of rotatable bonds is 6. The van der Waals surface area contributed by atoms with E-state index in [1.165, 1.54) is 0 Å². The number of carbonyl (C=O) groups is 1. The average Bonchev–Trinajstić information content (AvgIpc) is 2.40. The SMILES string of the molecule is CCC(CC)(CN)C(=O)NCC1CCOCC1.Cl. The predicted octanol–water partition coefficient (Wildman–Crippen LogP) is 1.72. The van der Waals surface area contributed by atoms with Crippen LogP contribution < -0.4 is 11.1 Å². The maximum absolute atomic E-state index is 12.2. The first-order valence-corrected chi connectivity index (χ1v) is 6.74. The second-order valence-electron chi connectivity index (χ2n) is 4.96. The van der Waals surface area contributed by atoms with Crippen LogP contribution >= 0.6 is 12.4 Å². The highest BCUT2D eigenvalue weighted by atomic mass is 35.5. The maximum Gasteiger partial charge on any atom is 0.227 e. The molecular formula is C13H27ClN2O2. The zero-order chi connectivity index (χ0) is 12.7. The Bertz CT molecular complexity index is 231. The number of carbonyl (C=O) groups excluding carboxylic acids is 1. The number of hydrogen-bond acceptors (Lipinski definition) is 3. The van der Waals surface area contributed by atoms with Crippen molar-refractivity contribution in [2.75, 3.05) is 26.3 Å². The van der Waals surface area contributed by atoms with Crippen LogP contribution in [0.3, 0.4) is 0 Å². The summed E-state index contributed by atoms with van der Waals surface area (Å²) in [5.74, 6) is 0.688. The Kier molecular flexibility index (Phi) is 8.57. The third-order valence-corrected chi connectivity index (χ3v) is 4.12. The van der Waals surface area contributed by atoms with E-state index in [-0.39, 0.29) is 23.7 Å². The highest BCUT2D eigenvalue weighted by Gasteiger charge is 2.33. The molecule has 18 heavy (non-hydrogen) atoms. The van der Waals surface area contributed by atoms with Gasteiger partial charge >= 0.3 is 0 Å². The first kappa shape index (κ1) is 17.7. The number of hydrogen-bond donors (Lipinski definition) is 2. The van der Waals surface area contributed by atoms with Gasteiger partial charge in [0.15, 0.2) is 0 Å². The van der Waals surface area contributed by atoms with Crippen LogP contribution in [0.1, 0.15) is 39.5 Å². The molecule has 1 rings (SSSR count). The molecule has 0 aromatic carbocycles. The summed E-state index contributed by atoms with van der Waals surface area (Å²) in [4.78, 5) is 12.2. The number of amides is 1. The van der Waals surface area contributed by atoms with Crippen LogP contribution in [0.4, 0.5) is 0 Å². The Morgan fingerprint density at radius 2 is 1.89 bits per heavy atom. The summed E-state index contributed by atoms with van der Waals surface area (Å²) in [6.45, 7) is 6.91. The van der Waals surface area contributed by atoms with Gasteiger partial charge in [-0.25, -0.2) is 0 Å². The largest absolute Gasteiger partial charge is 0.381 e. The van der Waals surface area contributed by atoms with Gasteiger partial charge in [-0.3, -0.25) is 4.79 Å². The quantitative estimate of drug-likeness (QED) is 0.778. The summed E-state index contributed by atoms with van der Waals surface area (Å²) < 4.78 is 5.30. The molecule has 0 bridgehead atoms. The fourth-order valence-corrected chi connectivity index (χ4v) is 2.33. The highest BCUT2D eigenvalue weighted by Crippen LogP contribution is 2.25. The monoisotopic (exact) mass is 278 g/mol. The molecule has 1 heterocycles. The number of nitrogens with two attached hydrogens (primary N) is 1. The molecule has 5 heteroatoms. The van der Waals surface area contributed by atoms with Gasteiger partial charge in [-0.15, -0.1) is 12.4 Å². The Morgan fingerprint density at radius 1 is 1.33 bits per heavy atom. The fraction of sp³-hybridized carbons (Fsp3) is 0.923. The molecule has 0 aromatic rings. The molecule has 1 amide bonds. The number of halogens is 1. The first-order valence-electron chi connectivity index (χ1n) is 6.74. The van der Waals surface area contributed by atoms with Gasteiger partial charge in [0, 0.05) is 26.3 Å². The minimum absolute atomic E-state index is 0. The first-order chi connectivity index (χ1) is 8.18. The normalized spacial score (nSPS) is 17.1. The minimum atomic E-state index is -0.370. The molecule has 0 radical (unpaired) electrons. The lowest BCUT2D eigenvalue weighted by Crippen LogP contribution is -2.46. The van der Waals surface area contributed by atoms with Crippen LogP contribution in [0.2, 0.25) is 0 Å². The van der Waals surface area contributed by atoms with Crippen LogP contribution in [0.5, 0.6) is 0 Å². The summed E-state index contributed by atoms with van der Waals surface area (Å²) in [5.41, 5.74) is 5.39. The molecule has 1 aliphatic rings. The van der Waals surface area contributed by atoms with Gasteiger partial charge in [0.1, 0.15) is 0 Å².